The van der Waals surface area contributed by atoms with Gasteiger partial charge < -0.3 is 5.32 Å². The summed E-state index contributed by atoms with van der Waals surface area (Å²) in [6, 6.07) is -0.617. The molecule has 1 aromatic heterocycles. The highest BCUT2D eigenvalue weighted by Crippen LogP contribution is 2.15. The van der Waals surface area contributed by atoms with E-state index in [1.807, 2.05) is 0 Å². The van der Waals surface area contributed by atoms with Gasteiger partial charge >= 0.3 is 6.03 Å². The predicted molar refractivity (Wildman–Crippen MR) is 55.9 cm³/mol. The summed E-state index contributed by atoms with van der Waals surface area (Å²) in [6.45, 7) is 3.50. The minimum absolute atomic E-state index is 0.253. The molecule has 0 aromatic carbocycles. The average Bonchev–Trinajstić information content (AvgIpc) is 2.49. The van der Waals surface area contributed by atoms with E-state index < -0.39 is 11.9 Å². The summed E-state index contributed by atoms with van der Waals surface area (Å²) < 4.78 is 0. The standard InChI is InChI=1S/C8H11ClN4O2/c1-4-7(5(2)13-12-4)11-8(15)10-6(14)3-9/h3H2,1-2H3,(H,12,13)(H2,10,11,14,15). The molecule has 0 saturated heterocycles. The fourth-order valence-corrected chi connectivity index (χ4v) is 1.11. The molecule has 0 bridgehead atoms. The Morgan fingerprint density at radius 3 is 2.60 bits per heavy atom. The van der Waals surface area contributed by atoms with E-state index in [4.69, 9.17) is 11.6 Å². The molecule has 1 rings (SSSR count). The number of H-pyrrole nitrogens is 1. The Bertz CT molecular complexity index is 368. The van der Waals surface area contributed by atoms with Crippen LogP contribution in [0.4, 0.5) is 10.5 Å². The Balaban J connectivity index is 2.63. The maximum atomic E-state index is 11.2. The third kappa shape index (κ3) is 2.95. The van der Waals surface area contributed by atoms with Gasteiger partial charge in [0.15, 0.2) is 0 Å². The summed E-state index contributed by atoms with van der Waals surface area (Å²) in [5, 5.41) is 11.2. The molecule has 0 aliphatic heterocycles. The second-order valence-electron chi connectivity index (χ2n) is 2.94. The normalized spacial score (nSPS) is 9.80. The molecular weight excluding hydrogens is 220 g/mol. The lowest BCUT2D eigenvalue weighted by atomic mass is 10.3. The van der Waals surface area contributed by atoms with Crippen LogP contribution in [0.5, 0.6) is 0 Å². The van der Waals surface area contributed by atoms with E-state index in [0.29, 0.717) is 11.4 Å². The number of rotatable bonds is 2. The Kier molecular flexibility index (Phi) is 3.68. The number of urea groups is 1. The number of hydrogen-bond donors (Lipinski definition) is 3. The van der Waals surface area contributed by atoms with Crippen molar-refractivity contribution in [3.05, 3.63) is 11.4 Å². The molecule has 82 valence electrons. The third-order valence-electron chi connectivity index (χ3n) is 1.74. The van der Waals surface area contributed by atoms with Crippen molar-refractivity contribution in [3.8, 4) is 0 Å². The van der Waals surface area contributed by atoms with Crippen molar-refractivity contribution in [3.63, 3.8) is 0 Å². The third-order valence-corrected chi connectivity index (χ3v) is 1.98. The largest absolute Gasteiger partial charge is 0.326 e. The van der Waals surface area contributed by atoms with E-state index in [1.165, 1.54) is 0 Å². The van der Waals surface area contributed by atoms with Crippen LogP contribution in [0.2, 0.25) is 0 Å². The molecule has 15 heavy (non-hydrogen) atoms. The summed E-state index contributed by atoms with van der Waals surface area (Å²) in [5.74, 6) is -0.801. The molecule has 0 spiro atoms. The number of nitrogens with one attached hydrogen (secondary N) is 3. The highest BCUT2D eigenvalue weighted by atomic mass is 35.5. The van der Waals surface area contributed by atoms with Crippen molar-refractivity contribution in [1.29, 1.82) is 0 Å². The Hall–Kier alpha value is -1.56. The first-order valence-electron chi connectivity index (χ1n) is 4.23. The van der Waals surface area contributed by atoms with Crippen LogP contribution < -0.4 is 10.6 Å². The zero-order chi connectivity index (χ0) is 11.4. The lowest BCUT2D eigenvalue weighted by Gasteiger charge is -2.04. The highest BCUT2D eigenvalue weighted by Gasteiger charge is 2.11. The van der Waals surface area contributed by atoms with Crippen molar-refractivity contribution in [2.24, 2.45) is 0 Å². The van der Waals surface area contributed by atoms with Gasteiger partial charge in [-0.25, -0.2) is 4.79 Å². The summed E-state index contributed by atoms with van der Waals surface area (Å²) >= 11 is 5.23. The molecule has 0 atom stereocenters. The molecule has 1 aromatic rings. The molecule has 0 fully saturated rings. The van der Waals surface area contributed by atoms with Crippen LogP contribution in [0.15, 0.2) is 0 Å². The topological polar surface area (TPSA) is 86.9 Å². The SMILES string of the molecule is Cc1n[nH]c(C)c1NC(=O)NC(=O)CCl. The molecule has 0 aliphatic carbocycles. The van der Waals surface area contributed by atoms with Crippen LogP contribution in [0, 0.1) is 13.8 Å². The molecular formula is C8H11ClN4O2. The van der Waals surface area contributed by atoms with Gasteiger partial charge in [-0.05, 0) is 13.8 Å². The van der Waals surface area contributed by atoms with Crippen LogP contribution in [-0.4, -0.2) is 28.0 Å². The number of anilines is 1. The minimum Gasteiger partial charge on any atom is -0.304 e. The van der Waals surface area contributed by atoms with Gasteiger partial charge in [0.2, 0.25) is 5.91 Å². The van der Waals surface area contributed by atoms with Gasteiger partial charge in [0.1, 0.15) is 5.88 Å². The average molecular weight is 231 g/mol. The van der Waals surface area contributed by atoms with E-state index in [2.05, 4.69) is 20.8 Å². The molecule has 0 aliphatic rings. The van der Waals surface area contributed by atoms with Crippen LogP contribution in [0.3, 0.4) is 0 Å². The molecule has 0 saturated carbocycles. The number of nitrogens with zero attached hydrogens (tertiary/aromatic N) is 1. The smallest absolute Gasteiger partial charge is 0.304 e. The van der Waals surface area contributed by atoms with Gasteiger partial charge in [-0.3, -0.25) is 15.2 Å². The number of aryl methyl sites for hydroxylation is 2. The highest BCUT2D eigenvalue weighted by molar-refractivity contribution is 6.28. The van der Waals surface area contributed by atoms with Crippen molar-refractivity contribution in [2.45, 2.75) is 13.8 Å². The Labute approximate surface area is 91.4 Å². The van der Waals surface area contributed by atoms with Gasteiger partial charge in [-0.2, -0.15) is 5.10 Å². The number of amides is 3. The maximum Gasteiger partial charge on any atom is 0.326 e. The number of aromatic amines is 1. The summed E-state index contributed by atoms with van der Waals surface area (Å²) in [5.41, 5.74) is 1.94. The minimum atomic E-state index is -0.617. The number of hydrogen-bond acceptors (Lipinski definition) is 3. The second kappa shape index (κ2) is 4.79. The van der Waals surface area contributed by atoms with E-state index in [-0.39, 0.29) is 5.88 Å². The number of alkyl halides is 1. The number of imide groups is 1. The van der Waals surface area contributed by atoms with Gasteiger partial charge in [0.25, 0.3) is 0 Å². The second-order valence-corrected chi connectivity index (χ2v) is 3.21. The first kappa shape index (κ1) is 11.5. The Morgan fingerprint density at radius 1 is 1.47 bits per heavy atom. The van der Waals surface area contributed by atoms with Gasteiger partial charge in [0, 0.05) is 0 Å². The maximum absolute atomic E-state index is 11.2. The molecule has 7 heteroatoms. The molecule has 6 nitrogen and oxygen atoms in total. The molecule has 0 unspecified atom stereocenters. The predicted octanol–water partition coefficient (Wildman–Crippen LogP) is 0.913. The lowest BCUT2D eigenvalue weighted by Crippen LogP contribution is -2.35. The first-order valence-corrected chi connectivity index (χ1v) is 4.76. The number of halogens is 1. The monoisotopic (exact) mass is 230 g/mol. The number of carbonyl (C=O) groups is 2. The quantitative estimate of drug-likeness (QED) is 0.660. The summed E-state index contributed by atoms with van der Waals surface area (Å²) in [7, 11) is 0. The fourth-order valence-electron chi connectivity index (χ4n) is 1.04. The van der Waals surface area contributed by atoms with E-state index >= 15 is 0 Å². The van der Waals surface area contributed by atoms with Crippen LogP contribution in [0.1, 0.15) is 11.4 Å². The first-order chi connectivity index (χ1) is 7.04. The van der Waals surface area contributed by atoms with Crippen LogP contribution in [-0.2, 0) is 4.79 Å². The van der Waals surface area contributed by atoms with E-state index in [1.54, 1.807) is 13.8 Å². The Morgan fingerprint density at radius 2 is 2.13 bits per heavy atom. The molecule has 3 amide bonds. The van der Waals surface area contributed by atoms with Crippen LogP contribution >= 0.6 is 11.6 Å². The van der Waals surface area contributed by atoms with Crippen molar-refractivity contribution >= 4 is 29.2 Å². The number of aromatic nitrogens is 2. The molecule has 1 heterocycles. The van der Waals surface area contributed by atoms with Crippen molar-refractivity contribution < 1.29 is 9.59 Å². The molecule has 0 radical (unpaired) electrons. The lowest BCUT2D eigenvalue weighted by molar-refractivity contribution is -0.117. The van der Waals surface area contributed by atoms with E-state index in [9.17, 15) is 9.59 Å². The van der Waals surface area contributed by atoms with Crippen molar-refractivity contribution in [2.75, 3.05) is 11.2 Å². The molecule has 3 N–H and O–H groups in total. The fraction of sp³-hybridized carbons (Fsp3) is 0.375. The summed E-state index contributed by atoms with van der Waals surface area (Å²) in [6.07, 6.45) is 0. The van der Waals surface area contributed by atoms with Gasteiger partial charge in [0.05, 0.1) is 17.1 Å². The van der Waals surface area contributed by atoms with Crippen LogP contribution in [0.25, 0.3) is 0 Å². The zero-order valence-electron chi connectivity index (χ0n) is 8.35. The van der Waals surface area contributed by atoms with E-state index in [0.717, 1.165) is 5.69 Å². The number of carbonyl (C=O) groups excluding carboxylic acids is 2. The summed E-state index contributed by atoms with van der Waals surface area (Å²) in [4.78, 5) is 22.0. The zero-order valence-corrected chi connectivity index (χ0v) is 9.10. The van der Waals surface area contributed by atoms with Gasteiger partial charge in [-0.15, -0.1) is 11.6 Å². The van der Waals surface area contributed by atoms with Crippen molar-refractivity contribution in [1.82, 2.24) is 15.5 Å². The van der Waals surface area contributed by atoms with Gasteiger partial charge in [-0.1, -0.05) is 0 Å².